The molecule has 130 valence electrons. The van der Waals surface area contributed by atoms with Crippen molar-refractivity contribution in [3.63, 3.8) is 0 Å². The summed E-state index contributed by atoms with van der Waals surface area (Å²) < 4.78 is 9.88. The quantitative estimate of drug-likeness (QED) is 0.354. The fourth-order valence-corrected chi connectivity index (χ4v) is 1.94. The topological polar surface area (TPSA) is 134 Å². The molecule has 0 atom stereocenters. The minimum Gasteiger partial charge on any atom is -0.497 e. The number of hydrogen-bond acceptors (Lipinski definition) is 7. The van der Waals surface area contributed by atoms with Crippen molar-refractivity contribution in [2.24, 2.45) is 0 Å². The van der Waals surface area contributed by atoms with E-state index in [-0.39, 0.29) is 16.9 Å². The summed E-state index contributed by atoms with van der Waals surface area (Å²) >= 11 is 0. The number of methoxy groups -OCH3 is 1. The number of nitrogens with zero attached hydrogens (tertiary/aromatic N) is 1. The first-order valence-electron chi connectivity index (χ1n) is 7.05. The van der Waals surface area contributed by atoms with E-state index in [0.29, 0.717) is 11.4 Å². The molecule has 0 aliphatic rings. The van der Waals surface area contributed by atoms with Crippen molar-refractivity contribution in [3.05, 3.63) is 58.1 Å². The van der Waals surface area contributed by atoms with Gasteiger partial charge in [0.1, 0.15) is 5.75 Å². The van der Waals surface area contributed by atoms with Crippen LogP contribution in [0.3, 0.4) is 0 Å². The van der Waals surface area contributed by atoms with Crippen molar-refractivity contribution in [1.29, 1.82) is 0 Å². The summed E-state index contributed by atoms with van der Waals surface area (Å²) in [6.45, 7) is -0.571. The highest BCUT2D eigenvalue weighted by atomic mass is 16.6. The molecule has 9 heteroatoms. The first-order chi connectivity index (χ1) is 11.9. The Hall–Kier alpha value is -3.62. The smallest absolute Gasteiger partial charge is 0.341 e. The molecule has 0 fully saturated rings. The number of hydrogen-bond donors (Lipinski definition) is 2. The summed E-state index contributed by atoms with van der Waals surface area (Å²) in [5.41, 5.74) is 5.62. The van der Waals surface area contributed by atoms with E-state index in [1.54, 1.807) is 24.3 Å². The second-order valence-corrected chi connectivity index (χ2v) is 4.88. The Labute approximate surface area is 142 Å². The van der Waals surface area contributed by atoms with Gasteiger partial charge in [-0.25, -0.2) is 4.79 Å². The number of amides is 1. The second-order valence-electron chi connectivity index (χ2n) is 4.88. The number of benzene rings is 2. The van der Waals surface area contributed by atoms with Crippen molar-refractivity contribution in [1.82, 2.24) is 0 Å². The van der Waals surface area contributed by atoms with E-state index >= 15 is 0 Å². The van der Waals surface area contributed by atoms with Crippen LogP contribution in [0.25, 0.3) is 0 Å². The van der Waals surface area contributed by atoms with Crippen LogP contribution >= 0.6 is 0 Å². The summed E-state index contributed by atoms with van der Waals surface area (Å²) in [4.78, 5) is 33.9. The van der Waals surface area contributed by atoms with Gasteiger partial charge in [0, 0.05) is 29.6 Å². The third-order valence-electron chi connectivity index (χ3n) is 3.16. The average Bonchev–Trinajstić information content (AvgIpc) is 2.60. The van der Waals surface area contributed by atoms with Crippen LogP contribution in [0.15, 0.2) is 42.5 Å². The van der Waals surface area contributed by atoms with Gasteiger partial charge in [0.25, 0.3) is 11.6 Å². The van der Waals surface area contributed by atoms with Gasteiger partial charge in [0.2, 0.25) is 0 Å². The molecule has 0 saturated heterocycles. The van der Waals surface area contributed by atoms with E-state index < -0.39 is 23.4 Å². The molecule has 0 bridgehead atoms. The van der Waals surface area contributed by atoms with Crippen LogP contribution < -0.4 is 15.8 Å². The number of non-ortho nitro benzene ring substituents is 1. The number of nitro benzene ring substituents is 1. The Morgan fingerprint density at radius 1 is 1.24 bits per heavy atom. The van der Waals surface area contributed by atoms with Gasteiger partial charge in [0.05, 0.1) is 17.6 Å². The number of anilines is 2. The van der Waals surface area contributed by atoms with Crippen LogP contribution in [0.1, 0.15) is 10.4 Å². The zero-order valence-corrected chi connectivity index (χ0v) is 13.2. The van der Waals surface area contributed by atoms with E-state index in [9.17, 15) is 19.7 Å². The van der Waals surface area contributed by atoms with Crippen molar-refractivity contribution in [2.45, 2.75) is 0 Å². The minimum atomic E-state index is -0.929. The number of nitro groups is 1. The summed E-state index contributed by atoms with van der Waals surface area (Å²) in [5, 5.41) is 13.3. The van der Waals surface area contributed by atoms with E-state index in [4.69, 9.17) is 15.2 Å². The number of nitrogen functional groups attached to an aromatic ring is 1. The molecule has 2 aromatic rings. The van der Waals surface area contributed by atoms with Crippen molar-refractivity contribution >= 4 is 28.9 Å². The summed E-state index contributed by atoms with van der Waals surface area (Å²) in [5.74, 6) is -0.952. The largest absolute Gasteiger partial charge is 0.497 e. The Morgan fingerprint density at radius 3 is 2.68 bits per heavy atom. The van der Waals surface area contributed by atoms with Crippen molar-refractivity contribution < 1.29 is 24.0 Å². The van der Waals surface area contributed by atoms with Crippen molar-refractivity contribution in [2.75, 3.05) is 24.8 Å². The van der Waals surface area contributed by atoms with Gasteiger partial charge in [-0.3, -0.25) is 14.9 Å². The summed E-state index contributed by atoms with van der Waals surface area (Å²) in [6.07, 6.45) is 0. The second kappa shape index (κ2) is 7.77. The van der Waals surface area contributed by atoms with Crippen LogP contribution in [-0.2, 0) is 9.53 Å². The normalized spacial score (nSPS) is 9.96. The molecule has 0 aliphatic carbocycles. The zero-order valence-electron chi connectivity index (χ0n) is 13.2. The molecule has 2 rings (SSSR count). The molecular weight excluding hydrogens is 330 g/mol. The fraction of sp³-hybridized carbons (Fsp3) is 0.125. The lowest BCUT2D eigenvalue weighted by atomic mass is 10.1. The molecule has 0 spiro atoms. The Kier molecular flexibility index (Phi) is 5.51. The van der Waals surface area contributed by atoms with E-state index in [0.717, 1.165) is 6.07 Å². The van der Waals surface area contributed by atoms with Gasteiger partial charge in [0.15, 0.2) is 6.61 Å². The highest BCUT2D eigenvalue weighted by Crippen LogP contribution is 2.20. The predicted molar refractivity (Wildman–Crippen MR) is 89.4 cm³/mol. The fourth-order valence-electron chi connectivity index (χ4n) is 1.94. The molecular formula is C16H15N3O6. The molecule has 0 aliphatic heterocycles. The number of rotatable bonds is 6. The summed E-state index contributed by atoms with van der Waals surface area (Å²) in [7, 11) is 1.49. The first-order valence-corrected chi connectivity index (χ1v) is 7.05. The zero-order chi connectivity index (χ0) is 18.4. The van der Waals surface area contributed by atoms with Crippen molar-refractivity contribution in [3.8, 4) is 5.75 Å². The molecule has 0 aromatic heterocycles. The van der Waals surface area contributed by atoms with Crippen LogP contribution in [-0.4, -0.2) is 30.5 Å². The molecule has 0 heterocycles. The van der Waals surface area contributed by atoms with Crippen LogP contribution in [0, 0.1) is 10.1 Å². The van der Waals surface area contributed by atoms with Crippen LogP contribution in [0.2, 0.25) is 0 Å². The first kappa shape index (κ1) is 17.7. The highest BCUT2D eigenvalue weighted by Gasteiger charge is 2.17. The SMILES string of the molecule is COc1cccc(NC(=O)COC(=O)c2cc([N+](=O)[O-])ccc2N)c1. The average molecular weight is 345 g/mol. The number of esters is 1. The summed E-state index contributed by atoms with van der Waals surface area (Å²) in [6, 6.07) is 10.0. The maximum Gasteiger partial charge on any atom is 0.341 e. The molecule has 0 unspecified atom stereocenters. The van der Waals surface area contributed by atoms with Gasteiger partial charge >= 0.3 is 5.97 Å². The maximum atomic E-state index is 12.0. The number of nitrogens with two attached hydrogens (primary N) is 1. The molecule has 0 radical (unpaired) electrons. The molecule has 2 aromatic carbocycles. The van der Waals surface area contributed by atoms with Gasteiger partial charge in [-0.2, -0.15) is 0 Å². The molecule has 1 amide bonds. The van der Waals surface area contributed by atoms with Crippen LogP contribution in [0.5, 0.6) is 5.75 Å². The number of carbonyl (C=O) groups is 2. The molecule has 25 heavy (non-hydrogen) atoms. The van der Waals surface area contributed by atoms with E-state index in [1.807, 2.05) is 0 Å². The highest BCUT2D eigenvalue weighted by molar-refractivity contribution is 5.98. The van der Waals surface area contributed by atoms with E-state index in [1.165, 1.54) is 19.2 Å². The lowest BCUT2D eigenvalue weighted by Gasteiger charge is -2.09. The van der Waals surface area contributed by atoms with Gasteiger partial charge in [-0.05, 0) is 18.2 Å². The van der Waals surface area contributed by atoms with Gasteiger partial charge in [-0.15, -0.1) is 0 Å². The lowest BCUT2D eigenvalue weighted by Crippen LogP contribution is -2.21. The molecule has 9 nitrogen and oxygen atoms in total. The number of nitrogens with one attached hydrogen (secondary N) is 1. The number of carbonyl (C=O) groups excluding carboxylic acids is 2. The third kappa shape index (κ3) is 4.67. The maximum absolute atomic E-state index is 12.0. The Morgan fingerprint density at radius 2 is 2.00 bits per heavy atom. The predicted octanol–water partition coefficient (Wildman–Crippen LogP) is 1.98. The lowest BCUT2D eigenvalue weighted by molar-refractivity contribution is -0.384. The van der Waals surface area contributed by atoms with E-state index in [2.05, 4.69) is 5.32 Å². The number of ether oxygens (including phenoxy) is 2. The Bertz CT molecular complexity index is 821. The third-order valence-corrected chi connectivity index (χ3v) is 3.16. The van der Waals surface area contributed by atoms with Gasteiger partial charge < -0.3 is 20.5 Å². The minimum absolute atomic E-state index is 0.0174. The van der Waals surface area contributed by atoms with Crippen LogP contribution in [0.4, 0.5) is 17.1 Å². The Balaban J connectivity index is 1.98. The molecule has 0 saturated carbocycles. The molecule has 3 N–H and O–H groups in total. The monoisotopic (exact) mass is 345 g/mol. The van der Waals surface area contributed by atoms with Gasteiger partial charge in [-0.1, -0.05) is 6.07 Å². The standard InChI is InChI=1S/C16H15N3O6/c1-24-12-4-2-3-10(7-12)18-15(20)9-25-16(21)13-8-11(19(22)23)5-6-14(13)17/h2-8H,9,17H2,1H3,(H,18,20).